The first kappa shape index (κ1) is 48.2. The normalized spacial score (nSPS) is 17.4. The first-order chi connectivity index (χ1) is 30.8. The van der Waals surface area contributed by atoms with E-state index in [1.165, 1.54) is 0 Å². The van der Waals surface area contributed by atoms with Gasteiger partial charge in [0.2, 0.25) is 0 Å². The summed E-state index contributed by atoms with van der Waals surface area (Å²) in [6.07, 6.45) is -20.2. The Morgan fingerprint density at radius 3 is 0.682 bits per heavy atom. The topological polar surface area (TPSA) is 91.5 Å². The molecule has 0 saturated carbocycles. The summed E-state index contributed by atoms with van der Waals surface area (Å²) in [6.45, 7) is 0. The second kappa shape index (κ2) is 18.2. The van der Waals surface area contributed by atoms with Gasteiger partial charge in [0.1, 0.15) is 0 Å². The zero-order valence-electron chi connectivity index (χ0n) is 32.6. The number of nitrogens with one attached hydrogen (secondary N) is 3. The molecule has 66 heavy (non-hydrogen) atoms. The predicted molar refractivity (Wildman–Crippen MR) is 217 cm³/mol. The van der Waals surface area contributed by atoms with Crippen LogP contribution in [0.1, 0.15) is 22.3 Å². The van der Waals surface area contributed by atoms with Crippen molar-refractivity contribution in [2.24, 2.45) is 0 Å². The van der Waals surface area contributed by atoms with Crippen molar-refractivity contribution in [3.63, 3.8) is 0 Å². The van der Waals surface area contributed by atoms with Crippen LogP contribution in [0, 0.1) is 11.6 Å². The van der Waals surface area contributed by atoms with E-state index < -0.39 is 117 Å². The molecule has 0 bridgehead atoms. The number of benzene rings is 6. The average Bonchev–Trinajstić information content (AvgIpc) is 3.19. The van der Waals surface area contributed by atoms with Crippen LogP contribution >= 0.6 is 24.1 Å². The fourth-order valence-electron chi connectivity index (χ4n) is 6.11. The Labute approximate surface area is 365 Å². The van der Waals surface area contributed by atoms with Crippen LogP contribution in [0.5, 0.6) is 34.5 Å². The van der Waals surface area contributed by atoms with Gasteiger partial charge in [0, 0.05) is 0 Å². The quantitative estimate of drug-likeness (QED) is 0.0819. The minimum absolute atomic E-state index is 0.421. The van der Waals surface area contributed by atoms with Gasteiger partial charge in [-0.25, -0.2) is 0 Å². The van der Waals surface area contributed by atoms with Gasteiger partial charge in [0.15, 0.2) is 0 Å². The number of hydrogen-bond acceptors (Lipinski definition) is 9. The molecule has 0 atom stereocenters. The molecule has 26 heteroatoms. The van der Waals surface area contributed by atoms with E-state index in [1.807, 2.05) is 0 Å². The van der Waals surface area contributed by atoms with Gasteiger partial charge in [-0.15, -0.1) is 0 Å². The monoisotopic (exact) mass is 1010 g/mol. The molecule has 0 aromatic heterocycles. The number of halogens is 14. The van der Waals surface area contributed by atoms with Crippen molar-refractivity contribution in [2.75, 3.05) is 0 Å². The van der Waals surface area contributed by atoms with Crippen LogP contribution in [0.2, 0.25) is 0 Å². The molecule has 1 aliphatic heterocycles. The zero-order chi connectivity index (χ0) is 47.8. The Bertz CT molecular complexity index is 2390. The molecule has 3 N–H and O–H groups in total. The Balaban J connectivity index is 1.55. The van der Waals surface area contributed by atoms with Crippen LogP contribution in [-0.2, 0) is 24.7 Å². The Morgan fingerprint density at radius 2 is 0.485 bits per heavy atom. The van der Waals surface area contributed by atoms with Gasteiger partial charge in [-0.2, -0.15) is 0 Å². The molecule has 1 fully saturated rings. The third-order valence-electron chi connectivity index (χ3n) is 8.79. The van der Waals surface area contributed by atoms with Crippen LogP contribution in [0.3, 0.4) is 0 Å². The second-order valence-corrected chi connectivity index (χ2v) is 21.8. The molecule has 0 amide bonds. The fraction of sp³-hybridized carbons (Fsp3) is 0.100. The Morgan fingerprint density at radius 1 is 0.288 bits per heavy atom. The van der Waals surface area contributed by atoms with Gasteiger partial charge in [-0.05, 0) is 0 Å². The third-order valence-corrected chi connectivity index (χ3v) is 19.8. The molecule has 1 heterocycles. The summed E-state index contributed by atoms with van der Waals surface area (Å²) in [4.78, 5) is 8.03. The van der Waals surface area contributed by atoms with Crippen molar-refractivity contribution in [3.8, 4) is 34.5 Å². The molecule has 354 valence electrons. The SMILES string of the molecule is Fc1cccc(O[PH]2(Oc3cccc(F)c3)N[PH](Oc3cccc(C(F)(F)F)c3)(Oc3cccc(C(F)(F)F)c3)N[PH](Oc3cccc(C(F)(F)F)c3)(Oc3cccc(C(F)(F)F)c3)N2)c1. The van der Waals surface area contributed by atoms with Crippen LogP contribution in [0.4, 0.5) is 61.5 Å². The first-order valence-corrected chi connectivity index (χ1v) is 24.0. The van der Waals surface area contributed by atoms with Crippen LogP contribution in [0.25, 0.3) is 0 Å². The summed E-state index contributed by atoms with van der Waals surface area (Å²) >= 11 is 0. The maximum absolute atomic E-state index is 14.9. The van der Waals surface area contributed by atoms with Gasteiger partial charge >= 0.3 is 366 Å². The third kappa shape index (κ3) is 12.0. The Hall–Kier alpha value is -5.69. The van der Waals surface area contributed by atoms with Crippen LogP contribution in [-0.4, -0.2) is 0 Å². The number of hydrogen-bond donors (Lipinski definition) is 3. The standard InChI is InChI=1S/C40H30F14N3O6P3/c41-29-11-5-17-35(23-29)62-66(63-36-18-6-12-30(42)24-36)56-64(58-31-13-1-7-25(19-31)37(43,44)45,59-32-14-2-8-26(20-32)38(46,47)48)55-65(57-66,60-33-15-3-9-27(21-33)39(49,50)51)61-34-16-4-10-28(22-34)40(52,53)54/h1-24,55-57,64-66H. The van der Waals surface area contributed by atoms with E-state index in [4.69, 9.17) is 27.1 Å². The summed E-state index contributed by atoms with van der Waals surface area (Å²) in [6, 6.07) is 19.2. The minimum atomic E-state index is -5.65. The van der Waals surface area contributed by atoms with Crippen molar-refractivity contribution < 1.29 is 88.6 Å². The van der Waals surface area contributed by atoms with Gasteiger partial charge in [0.25, 0.3) is 0 Å². The molecule has 6 aromatic rings. The summed E-state index contributed by atoms with van der Waals surface area (Å²) in [7, 11) is -16.8. The molecule has 0 radical (unpaired) electrons. The predicted octanol–water partition coefficient (Wildman–Crippen LogP) is 13.8. The van der Waals surface area contributed by atoms with Crippen molar-refractivity contribution >= 4 is 24.1 Å². The van der Waals surface area contributed by atoms with Gasteiger partial charge in [-0.3, -0.25) is 0 Å². The first-order valence-electron chi connectivity index (χ1n) is 18.5. The summed E-state index contributed by atoms with van der Waals surface area (Å²) in [5.74, 6) is -5.99. The molecule has 1 aliphatic rings. The van der Waals surface area contributed by atoms with E-state index in [1.54, 1.807) is 0 Å². The van der Waals surface area contributed by atoms with E-state index in [9.17, 15) is 61.5 Å². The van der Waals surface area contributed by atoms with Crippen molar-refractivity contribution in [1.82, 2.24) is 14.6 Å². The fourth-order valence-corrected chi connectivity index (χ4v) is 19.1. The summed E-state index contributed by atoms with van der Waals surface area (Å²) in [5.41, 5.74) is -5.40. The molecule has 0 spiro atoms. The van der Waals surface area contributed by atoms with Crippen molar-refractivity contribution in [1.29, 1.82) is 0 Å². The molecular weight excluding hydrogens is 977 g/mol. The van der Waals surface area contributed by atoms with E-state index in [0.717, 1.165) is 97.1 Å². The summed E-state index contributed by atoms with van der Waals surface area (Å²) < 4.78 is 237. The van der Waals surface area contributed by atoms with Crippen LogP contribution in [0.15, 0.2) is 146 Å². The zero-order valence-corrected chi connectivity index (χ0v) is 35.6. The molecule has 6 aromatic carbocycles. The van der Waals surface area contributed by atoms with Crippen molar-refractivity contribution in [2.45, 2.75) is 24.7 Å². The Kier molecular flexibility index (Phi) is 13.3. The molecule has 0 aliphatic carbocycles. The molecular formula is C40H30F14N3O6P3. The molecule has 9 nitrogen and oxygen atoms in total. The second-order valence-electron chi connectivity index (χ2n) is 13.9. The van der Waals surface area contributed by atoms with E-state index in [0.29, 0.717) is 48.5 Å². The van der Waals surface area contributed by atoms with Gasteiger partial charge in [0.05, 0.1) is 0 Å². The van der Waals surface area contributed by atoms with Gasteiger partial charge < -0.3 is 0 Å². The molecule has 0 unspecified atom stereocenters. The molecule has 1 saturated heterocycles. The van der Waals surface area contributed by atoms with E-state index in [-0.39, 0.29) is 0 Å². The van der Waals surface area contributed by atoms with E-state index >= 15 is 0 Å². The van der Waals surface area contributed by atoms with E-state index in [2.05, 4.69) is 14.6 Å². The average molecular weight is 1010 g/mol. The number of alkyl halides is 12. The number of rotatable bonds is 12. The van der Waals surface area contributed by atoms with Crippen LogP contribution < -0.4 is 41.7 Å². The molecule has 7 rings (SSSR count). The van der Waals surface area contributed by atoms with Gasteiger partial charge in [-0.1, -0.05) is 0 Å². The maximum atomic E-state index is 14.9. The van der Waals surface area contributed by atoms with Crippen molar-refractivity contribution in [3.05, 3.63) is 179 Å². The summed E-state index contributed by atoms with van der Waals surface area (Å²) in [5, 5.41) is 0.